The molecule has 0 radical (unpaired) electrons. The zero-order valence-electron chi connectivity index (χ0n) is 13.0. The van der Waals surface area contributed by atoms with Gasteiger partial charge in [-0.2, -0.15) is 0 Å². The molecule has 1 atom stereocenters. The summed E-state index contributed by atoms with van der Waals surface area (Å²) in [5.41, 5.74) is 0.254. The van der Waals surface area contributed by atoms with Crippen molar-refractivity contribution in [3.05, 3.63) is 39.4 Å². The summed E-state index contributed by atoms with van der Waals surface area (Å²) in [5.74, 6) is -0.233. The third-order valence-electron chi connectivity index (χ3n) is 4.24. The third kappa shape index (κ3) is 3.36. The van der Waals surface area contributed by atoms with E-state index in [-0.39, 0.29) is 35.6 Å². The van der Waals surface area contributed by atoms with E-state index in [1.807, 2.05) is 0 Å². The monoisotopic (exact) mass is 413 g/mol. The molecule has 9 heteroatoms. The Kier molecular flexibility index (Phi) is 4.48. The predicted molar refractivity (Wildman–Crippen MR) is 93.5 cm³/mol. The lowest BCUT2D eigenvalue weighted by Crippen LogP contribution is -2.41. The quantitative estimate of drug-likeness (QED) is 0.742. The van der Waals surface area contributed by atoms with Gasteiger partial charge in [-0.1, -0.05) is 15.9 Å². The Morgan fingerprint density at radius 2 is 2.21 bits per heavy atom. The van der Waals surface area contributed by atoms with Gasteiger partial charge in [0.15, 0.2) is 9.84 Å². The van der Waals surface area contributed by atoms with E-state index in [9.17, 15) is 18.0 Å². The molecular weight excluding hydrogens is 398 g/mol. The maximum Gasteiger partial charge on any atom is 0.261 e. The van der Waals surface area contributed by atoms with E-state index in [4.69, 9.17) is 0 Å². The molecule has 128 valence electrons. The third-order valence-corrected chi connectivity index (χ3v) is 6.48. The van der Waals surface area contributed by atoms with E-state index >= 15 is 0 Å². The van der Waals surface area contributed by atoms with E-state index in [2.05, 4.69) is 20.9 Å². The Morgan fingerprint density at radius 1 is 1.46 bits per heavy atom. The molecule has 1 aliphatic heterocycles. The van der Waals surface area contributed by atoms with E-state index in [0.717, 1.165) is 4.47 Å². The normalized spacial score (nSPS) is 19.5. The van der Waals surface area contributed by atoms with Crippen LogP contribution in [0.25, 0.3) is 10.9 Å². The molecule has 24 heavy (non-hydrogen) atoms. The summed E-state index contributed by atoms with van der Waals surface area (Å²) in [6, 6.07) is 4.85. The Labute approximate surface area is 147 Å². The number of benzene rings is 1. The lowest BCUT2D eigenvalue weighted by Gasteiger charge is -2.23. The van der Waals surface area contributed by atoms with Gasteiger partial charge >= 0.3 is 0 Å². The summed E-state index contributed by atoms with van der Waals surface area (Å²) in [6.07, 6.45) is 1.78. The topological polar surface area (TPSA) is 89.3 Å². The number of hydrogen-bond acceptors (Lipinski definition) is 5. The minimum absolute atomic E-state index is 0.0208. The fourth-order valence-corrected chi connectivity index (χ4v) is 4.92. The number of fused-ring (bicyclic) bond motifs is 1. The molecule has 0 N–H and O–H groups in total. The Balaban J connectivity index is 1.83. The summed E-state index contributed by atoms with van der Waals surface area (Å²) >= 11 is 3.31. The molecule has 3 rings (SSSR count). The molecule has 1 aromatic heterocycles. The largest absolute Gasteiger partial charge is 0.340 e. The minimum atomic E-state index is -3.07. The van der Waals surface area contributed by atoms with Crippen LogP contribution >= 0.6 is 15.9 Å². The summed E-state index contributed by atoms with van der Waals surface area (Å²) < 4.78 is 25.1. The molecular formula is C15H16BrN3O4S. The molecule has 0 bridgehead atoms. The van der Waals surface area contributed by atoms with Gasteiger partial charge in [0.2, 0.25) is 5.91 Å². The van der Waals surface area contributed by atoms with Crippen LogP contribution in [0.3, 0.4) is 0 Å². The highest BCUT2D eigenvalue weighted by Crippen LogP contribution is 2.17. The van der Waals surface area contributed by atoms with E-state index in [0.29, 0.717) is 17.3 Å². The van der Waals surface area contributed by atoms with Crippen molar-refractivity contribution in [2.45, 2.75) is 19.0 Å². The summed E-state index contributed by atoms with van der Waals surface area (Å²) in [4.78, 5) is 30.5. The number of amides is 1. The van der Waals surface area contributed by atoms with Gasteiger partial charge in [0.25, 0.3) is 5.56 Å². The summed E-state index contributed by atoms with van der Waals surface area (Å²) in [6.45, 7) is -0.165. The van der Waals surface area contributed by atoms with Gasteiger partial charge in [-0.3, -0.25) is 14.2 Å². The zero-order chi connectivity index (χ0) is 17.5. The molecule has 0 saturated carbocycles. The predicted octanol–water partition coefficient (Wildman–Crippen LogP) is 0.804. The first-order chi connectivity index (χ1) is 11.3. The molecule has 0 aliphatic carbocycles. The lowest BCUT2D eigenvalue weighted by molar-refractivity contribution is -0.132. The lowest BCUT2D eigenvalue weighted by atomic mass is 10.2. The molecule has 1 aromatic carbocycles. The van der Waals surface area contributed by atoms with Crippen molar-refractivity contribution in [2.24, 2.45) is 0 Å². The second-order valence-corrected chi connectivity index (χ2v) is 9.04. The van der Waals surface area contributed by atoms with Crippen LogP contribution in [0.4, 0.5) is 0 Å². The highest BCUT2D eigenvalue weighted by atomic mass is 79.9. The molecule has 1 aliphatic rings. The first-order valence-electron chi connectivity index (χ1n) is 7.37. The van der Waals surface area contributed by atoms with Gasteiger partial charge in [0.1, 0.15) is 6.54 Å². The Morgan fingerprint density at radius 3 is 2.88 bits per heavy atom. The van der Waals surface area contributed by atoms with Crippen molar-refractivity contribution < 1.29 is 13.2 Å². The molecule has 1 unspecified atom stereocenters. The maximum atomic E-state index is 12.5. The van der Waals surface area contributed by atoms with Crippen molar-refractivity contribution >= 4 is 42.6 Å². The van der Waals surface area contributed by atoms with Crippen molar-refractivity contribution in [3.63, 3.8) is 0 Å². The SMILES string of the molecule is CN(C(=O)Cn1cnc2ccc(Br)cc2c1=O)C1CCS(=O)(=O)C1. The first kappa shape index (κ1) is 17.1. The van der Waals surface area contributed by atoms with Crippen LogP contribution in [-0.4, -0.2) is 53.4 Å². The van der Waals surface area contributed by atoms with Gasteiger partial charge in [-0.05, 0) is 24.6 Å². The molecule has 1 fully saturated rings. The summed E-state index contributed by atoms with van der Waals surface area (Å²) in [7, 11) is -1.50. The number of carbonyl (C=O) groups excluding carboxylic acids is 1. The Hall–Kier alpha value is -1.74. The number of carbonyl (C=O) groups is 1. The van der Waals surface area contributed by atoms with Crippen molar-refractivity contribution in [3.8, 4) is 0 Å². The Bertz CT molecular complexity index is 970. The maximum absolute atomic E-state index is 12.5. The zero-order valence-corrected chi connectivity index (χ0v) is 15.4. The standard InChI is InChI=1S/C15H16BrN3O4S/c1-18(11-4-5-24(22,23)8-11)14(20)7-19-9-17-13-3-2-10(16)6-12(13)15(19)21/h2-3,6,9,11H,4-5,7-8H2,1H3. The van der Waals surface area contributed by atoms with E-state index in [1.165, 1.54) is 15.8 Å². The fraction of sp³-hybridized carbons (Fsp3) is 0.400. The van der Waals surface area contributed by atoms with Crippen LogP contribution in [0.5, 0.6) is 0 Å². The van der Waals surface area contributed by atoms with Crippen LogP contribution in [0.2, 0.25) is 0 Å². The smallest absolute Gasteiger partial charge is 0.261 e. The van der Waals surface area contributed by atoms with Gasteiger partial charge in [0.05, 0.1) is 28.7 Å². The molecule has 2 aromatic rings. The molecule has 1 saturated heterocycles. The number of likely N-dealkylation sites (N-methyl/N-ethyl adjacent to an activating group) is 1. The van der Waals surface area contributed by atoms with Gasteiger partial charge in [0, 0.05) is 17.6 Å². The number of sulfone groups is 1. The second-order valence-electron chi connectivity index (χ2n) is 5.90. The van der Waals surface area contributed by atoms with Crippen molar-refractivity contribution in [1.29, 1.82) is 0 Å². The fourth-order valence-electron chi connectivity index (χ4n) is 2.79. The van der Waals surface area contributed by atoms with Crippen molar-refractivity contribution in [2.75, 3.05) is 18.6 Å². The highest BCUT2D eigenvalue weighted by molar-refractivity contribution is 9.10. The number of aromatic nitrogens is 2. The highest BCUT2D eigenvalue weighted by Gasteiger charge is 2.32. The molecule has 0 spiro atoms. The average Bonchev–Trinajstić information content (AvgIpc) is 2.89. The van der Waals surface area contributed by atoms with Gasteiger partial charge in [-0.25, -0.2) is 13.4 Å². The molecule has 2 heterocycles. The van der Waals surface area contributed by atoms with Crippen LogP contribution in [0.15, 0.2) is 33.8 Å². The number of hydrogen-bond donors (Lipinski definition) is 0. The van der Waals surface area contributed by atoms with Crippen LogP contribution in [-0.2, 0) is 21.2 Å². The number of halogens is 1. The molecule has 7 nitrogen and oxygen atoms in total. The average molecular weight is 414 g/mol. The minimum Gasteiger partial charge on any atom is -0.340 e. The van der Waals surface area contributed by atoms with Gasteiger partial charge in [-0.15, -0.1) is 0 Å². The number of nitrogens with zero attached hydrogens (tertiary/aromatic N) is 3. The summed E-state index contributed by atoms with van der Waals surface area (Å²) in [5, 5.41) is 0.422. The van der Waals surface area contributed by atoms with Crippen LogP contribution < -0.4 is 5.56 Å². The van der Waals surface area contributed by atoms with Crippen LogP contribution in [0.1, 0.15) is 6.42 Å². The first-order valence-corrected chi connectivity index (χ1v) is 9.99. The van der Waals surface area contributed by atoms with E-state index in [1.54, 1.807) is 25.2 Å². The molecule has 1 amide bonds. The van der Waals surface area contributed by atoms with Crippen LogP contribution in [0, 0.1) is 0 Å². The van der Waals surface area contributed by atoms with Gasteiger partial charge < -0.3 is 4.90 Å². The van der Waals surface area contributed by atoms with E-state index < -0.39 is 9.84 Å². The number of rotatable bonds is 3. The second kappa shape index (κ2) is 6.29. The van der Waals surface area contributed by atoms with Crippen molar-refractivity contribution in [1.82, 2.24) is 14.5 Å².